The van der Waals surface area contributed by atoms with E-state index < -0.39 is 16.0 Å². The first-order valence-electron chi connectivity index (χ1n) is 6.02. The SMILES string of the molecule is O=C(O)c1cc(S(=O)(=O)N2CCc3ccccc32)c[nH]1. The average Bonchev–Trinajstić information content (AvgIpc) is 3.06. The predicted octanol–water partition coefficient (Wildman–Crippen LogP) is 1.46. The minimum atomic E-state index is -3.73. The minimum absolute atomic E-state index is 0.0356. The summed E-state index contributed by atoms with van der Waals surface area (Å²) in [5.41, 5.74) is 1.49. The predicted molar refractivity (Wildman–Crippen MR) is 72.4 cm³/mol. The zero-order valence-electron chi connectivity index (χ0n) is 10.4. The third-order valence-corrected chi connectivity index (χ3v) is 5.11. The third-order valence-electron chi connectivity index (χ3n) is 3.32. The zero-order chi connectivity index (χ0) is 14.3. The molecule has 0 fully saturated rings. The van der Waals surface area contributed by atoms with Gasteiger partial charge >= 0.3 is 5.97 Å². The summed E-state index contributed by atoms with van der Waals surface area (Å²) in [5.74, 6) is -1.19. The molecule has 104 valence electrons. The fourth-order valence-corrected chi connectivity index (χ4v) is 3.83. The molecular weight excluding hydrogens is 280 g/mol. The zero-order valence-corrected chi connectivity index (χ0v) is 11.2. The Morgan fingerprint density at radius 3 is 2.75 bits per heavy atom. The van der Waals surface area contributed by atoms with Gasteiger partial charge < -0.3 is 10.1 Å². The van der Waals surface area contributed by atoms with Crippen molar-refractivity contribution in [3.63, 3.8) is 0 Å². The minimum Gasteiger partial charge on any atom is -0.477 e. The fraction of sp³-hybridized carbons (Fsp3) is 0.154. The van der Waals surface area contributed by atoms with E-state index in [1.54, 1.807) is 12.1 Å². The first-order valence-corrected chi connectivity index (χ1v) is 7.46. The van der Waals surface area contributed by atoms with Crippen LogP contribution in [0.2, 0.25) is 0 Å². The van der Waals surface area contributed by atoms with Crippen LogP contribution in [0.3, 0.4) is 0 Å². The number of sulfonamides is 1. The van der Waals surface area contributed by atoms with E-state index in [4.69, 9.17) is 5.11 Å². The number of hydrogen-bond donors (Lipinski definition) is 2. The Balaban J connectivity index is 2.03. The Morgan fingerprint density at radius 1 is 1.30 bits per heavy atom. The van der Waals surface area contributed by atoms with Crippen LogP contribution < -0.4 is 4.31 Å². The number of aromatic carboxylic acids is 1. The summed E-state index contributed by atoms with van der Waals surface area (Å²) in [6.45, 7) is 0.370. The van der Waals surface area contributed by atoms with Crippen LogP contribution in [0, 0.1) is 0 Å². The van der Waals surface area contributed by atoms with Crippen molar-refractivity contribution < 1.29 is 18.3 Å². The molecule has 3 rings (SSSR count). The van der Waals surface area contributed by atoms with Gasteiger partial charge in [-0.3, -0.25) is 4.31 Å². The largest absolute Gasteiger partial charge is 0.477 e. The van der Waals surface area contributed by atoms with Crippen molar-refractivity contribution in [3.8, 4) is 0 Å². The molecule has 0 unspecified atom stereocenters. The van der Waals surface area contributed by atoms with E-state index in [9.17, 15) is 13.2 Å². The molecule has 0 bridgehead atoms. The second kappa shape index (κ2) is 4.38. The molecular formula is C13H12N2O4S. The summed E-state index contributed by atoms with van der Waals surface area (Å²) in [6, 6.07) is 8.44. The quantitative estimate of drug-likeness (QED) is 0.896. The van der Waals surface area contributed by atoms with Crippen molar-refractivity contribution in [2.45, 2.75) is 11.3 Å². The average molecular weight is 292 g/mol. The van der Waals surface area contributed by atoms with Gasteiger partial charge in [0.1, 0.15) is 10.6 Å². The van der Waals surface area contributed by atoms with Crippen molar-refractivity contribution in [2.75, 3.05) is 10.8 Å². The number of H-pyrrole nitrogens is 1. The van der Waals surface area contributed by atoms with E-state index in [-0.39, 0.29) is 10.6 Å². The van der Waals surface area contributed by atoms with Gasteiger partial charge in [0.15, 0.2) is 0 Å². The maximum atomic E-state index is 12.5. The Bertz CT molecular complexity index is 779. The number of anilines is 1. The molecule has 20 heavy (non-hydrogen) atoms. The number of nitrogens with zero attached hydrogens (tertiary/aromatic N) is 1. The lowest BCUT2D eigenvalue weighted by molar-refractivity contribution is 0.0691. The second-order valence-corrected chi connectivity index (χ2v) is 6.37. The van der Waals surface area contributed by atoms with Crippen LogP contribution in [0.4, 0.5) is 5.69 Å². The number of aromatic nitrogens is 1. The number of nitrogens with one attached hydrogen (secondary N) is 1. The van der Waals surface area contributed by atoms with E-state index in [0.717, 1.165) is 11.6 Å². The van der Waals surface area contributed by atoms with Gasteiger partial charge in [0.05, 0.1) is 5.69 Å². The van der Waals surface area contributed by atoms with Crippen LogP contribution in [-0.4, -0.2) is 31.0 Å². The van der Waals surface area contributed by atoms with Crippen molar-refractivity contribution >= 4 is 21.7 Å². The standard InChI is InChI=1S/C13H12N2O4S/c16-13(17)11-7-10(8-14-11)20(18,19)15-6-5-9-3-1-2-4-12(9)15/h1-4,7-8,14H,5-6H2,(H,16,17). The highest BCUT2D eigenvalue weighted by Gasteiger charge is 2.31. The molecule has 0 aliphatic carbocycles. The molecule has 0 saturated heterocycles. The molecule has 0 radical (unpaired) electrons. The number of para-hydroxylation sites is 1. The Morgan fingerprint density at radius 2 is 2.05 bits per heavy atom. The van der Waals surface area contributed by atoms with Crippen LogP contribution in [0.1, 0.15) is 16.1 Å². The van der Waals surface area contributed by atoms with Gasteiger partial charge in [0.2, 0.25) is 0 Å². The number of carboxylic acid groups (broad SMARTS) is 1. The van der Waals surface area contributed by atoms with Crippen LogP contribution >= 0.6 is 0 Å². The maximum Gasteiger partial charge on any atom is 0.352 e. The van der Waals surface area contributed by atoms with Gasteiger partial charge in [-0.1, -0.05) is 18.2 Å². The van der Waals surface area contributed by atoms with Gasteiger partial charge in [-0.15, -0.1) is 0 Å². The number of benzene rings is 1. The Hall–Kier alpha value is -2.28. The van der Waals surface area contributed by atoms with E-state index in [2.05, 4.69) is 4.98 Å². The summed E-state index contributed by atoms with van der Waals surface area (Å²) in [4.78, 5) is 13.2. The smallest absolute Gasteiger partial charge is 0.352 e. The molecule has 2 N–H and O–H groups in total. The molecule has 2 aromatic rings. The summed E-state index contributed by atoms with van der Waals surface area (Å²) in [6.07, 6.45) is 1.87. The van der Waals surface area contributed by atoms with E-state index in [0.29, 0.717) is 18.7 Å². The molecule has 0 atom stereocenters. The summed E-state index contributed by atoms with van der Waals surface area (Å²) >= 11 is 0. The highest BCUT2D eigenvalue weighted by molar-refractivity contribution is 7.92. The van der Waals surface area contributed by atoms with Crippen molar-refractivity contribution in [3.05, 3.63) is 47.8 Å². The molecule has 6 nitrogen and oxygen atoms in total. The summed E-state index contributed by atoms with van der Waals surface area (Å²) in [5, 5.41) is 8.85. The lowest BCUT2D eigenvalue weighted by Crippen LogP contribution is -2.28. The van der Waals surface area contributed by atoms with E-state index in [1.165, 1.54) is 10.5 Å². The second-order valence-electron chi connectivity index (χ2n) is 4.51. The normalized spacial score (nSPS) is 14.3. The van der Waals surface area contributed by atoms with Gasteiger partial charge in [-0.25, -0.2) is 13.2 Å². The highest BCUT2D eigenvalue weighted by Crippen LogP contribution is 2.32. The Kier molecular flexibility index (Phi) is 2.79. The number of carbonyl (C=O) groups is 1. The van der Waals surface area contributed by atoms with Crippen LogP contribution in [0.15, 0.2) is 41.4 Å². The van der Waals surface area contributed by atoms with E-state index in [1.807, 2.05) is 12.1 Å². The van der Waals surface area contributed by atoms with Gasteiger partial charge in [-0.05, 0) is 24.1 Å². The molecule has 1 aliphatic heterocycles. The highest BCUT2D eigenvalue weighted by atomic mass is 32.2. The molecule has 2 heterocycles. The monoisotopic (exact) mass is 292 g/mol. The third kappa shape index (κ3) is 1.87. The number of aromatic amines is 1. The molecule has 1 aromatic heterocycles. The molecule has 0 amide bonds. The van der Waals surface area contributed by atoms with Crippen LogP contribution in [0.25, 0.3) is 0 Å². The molecule has 7 heteroatoms. The molecule has 1 aromatic carbocycles. The first-order chi connectivity index (χ1) is 9.50. The fourth-order valence-electron chi connectivity index (χ4n) is 2.33. The number of rotatable bonds is 3. The first kappa shape index (κ1) is 12.7. The van der Waals surface area contributed by atoms with Crippen molar-refractivity contribution in [2.24, 2.45) is 0 Å². The summed E-state index contributed by atoms with van der Waals surface area (Å²) < 4.78 is 26.4. The van der Waals surface area contributed by atoms with E-state index >= 15 is 0 Å². The number of hydrogen-bond acceptors (Lipinski definition) is 3. The van der Waals surface area contributed by atoms with Gasteiger partial charge in [0, 0.05) is 12.7 Å². The van der Waals surface area contributed by atoms with Crippen LogP contribution in [-0.2, 0) is 16.4 Å². The lowest BCUT2D eigenvalue weighted by atomic mass is 10.2. The summed E-state index contributed by atoms with van der Waals surface area (Å²) in [7, 11) is -3.73. The van der Waals surface area contributed by atoms with Crippen molar-refractivity contribution in [1.29, 1.82) is 0 Å². The van der Waals surface area contributed by atoms with Gasteiger partial charge in [-0.2, -0.15) is 0 Å². The number of fused-ring (bicyclic) bond motifs is 1. The van der Waals surface area contributed by atoms with Crippen molar-refractivity contribution in [1.82, 2.24) is 4.98 Å². The molecule has 1 aliphatic rings. The Labute approximate surface area is 115 Å². The van der Waals surface area contributed by atoms with Gasteiger partial charge in [0.25, 0.3) is 10.0 Å². The lowest BCUT2D eigenvalue weighted by Gasteiger charge is -2.18. The maximum absolute atomic E-state index is 12.5. The molecule has 0 spiro atoms. The topological polar surface area (TPSA) is 90.5 Å². The van der Waals surface area contributed by atoms with Crippen LogP contribution in [0.5, 0.6) is 0 Å². The molecule has 0 saturated carbocycles. The number of carboxylic acids is 1.